The minimum Gasteiger partial charge on any atom is -0.496 e. The molecule has 0 saturated heterocycles. The number of hydrogen-bond acceptors (Lipinski definition) is 3. The molecule has 0 aliphatic heterocycles. The normalized spacial score (nSPS) is 10.4. The third kappa shape index (κ3) is 4.37. The first kappa shape index (κ1) is 14.5. The highest BCUT2D eigenvalue weighted by Gasteiger charge is 2.07. The summed E-state index contributed by atoms with van der Waals surface area (Å²) in [4.78, 5) is 10.4. The molecule has 2 N–H and O–H groups in total. The second-order valence-electron chi connectivity index (χ2n) is 4.44. The molecule has 0 aliphatic rings. The van der Waals surface area contributed by atoms with Crippen LogP contribution in [0.3, 0.4) is 0 Å². The maximum atomic E-state index is 10.4. The monoisotopic (exact) mass is 251 g/mol. The molecule has 0 radical (unpaired) electrons. The summed E-state index contributed by atoms with van der Waals surface area (Å²) in [6.45, 7) is 5.50. The van der Waals surface area contributed by atoms with Gasteiger partial charge < -0.3 is 15.2 Å². The first-order valence-corrected chi connectivity index (χ1v) is 6.11. The van der Waals surface area contributed by atoms with Crippen LogP contribution in [0.1, 0.15) is 29.5 Å². The molecule has 0 fully saturated rings. The fraction of sp³-hybridized carbons (Fsp3) is 0.500. The highest BCUT2D eigenvalue weighted by atomic mass is 16.5. The number of aliphatic carboxylic acids is 1. The molecule has 1 aromatic carbocycles. The van der Waals surface area contributed by atoms with Gasteiger partial charge in [0.1, 0.15) is 5.75 Å². The lowest BCUT2D eigenvalue weighted by Crippen LogP contribution is -2.17. The Bertz CT molecular complexity index is 416. The summed E-state index contributed by atoms with van der Waals surface area (Å²) in [7, 11) is 1.67. The van der Waals surface area contributed by atoms with E-state index >= 15 is 0 Å². The molecule has 4 heteroatoms. The Balaban J connectivity index is 2.53. The minimum atomic E-state index is -0.749. The van der Waals surface area contributed by atoms with E-state index in [0.29, 0.717) is 19.5 Å². The molecule has 0 atom stereocenters. The molecule has 0 unspecified atom stereocenters. The fourth-order valence-electron chi connectivity index (χ4n) is 1.95. The van der Waals surface area contributed by atoms with Gasteiger partial charge in [0.25, 0.3) is 0 Å². The average Bonchev–Trinajstić information content (AvgIpc) is 2.30. The number of nitrogens with one attached hydrogen (secondary N) is 1. The zero-order valence-corrected chi connectivity index (χ0v) is 11.2. The van der Waals surface area contributed by atoms with E-state index in [1.807, 2.05) is 13.0 Å². The maximum Gasteiger partial charge on any atom is 0.303 e. The molecule has 0 bridgehead atoms. The van der Waals surface area contributed by atoms with Crippen molar-refractivity contribution in [1.82, 2.24) is 5.32 Å². The van der Waals surface area contributed by atoms with Crippen LogP contribution in [-0.4, -0.2) is 24.7 Å². The number of ether oxygens (including phenoxy) is 1. The molecule has 4 nitrogen and oxygen atoms in total. The van der Waals surface area contributed by atoms with E-state index in [1.54, 1.807) is 7.11 Å². The van der Waals surface area contributed by atoms with Gasteiger partial charge in [0.2, 0.25) is 0 Å². The van der Waals surface area contributed by atoms with E-state index in [0.717, 1.165) is 11.3 Å². The van der Waals surface area contributed by atoms with Crippen LogP contribution in [-0.2, 0) is 11.3 Å². The van der Waals surface area contributed by atoms with Gasteiger partial charge in [-0.1, -0.05) is 6.07 Å². The van der Waals surface area contributed by atoms with Gasteiger partial charge in [-0.2, -0.15) is 0 Å². The van der Waals surface area contributed by atoms with Crippen LogP contribution < -0.4 is 10.1 Å². The van der Waals surface area contributed by atoms with Crippen LogP contribution in [0.4, 0.5) is 0 Å². The lowest BCUT2D eigenvalue weighted by atomic mass is 10.0. The molecule has 0 aliphatic carbocycles. The van der Waals surface area contributed by atoms with Crippen LogP contribution in [0, 0.1) is 13.8 Å². The average molecular weight is 251 g/mol. The summed E-state index contributed by atoms with van der Waals surface area (Å²) in [6, 6.07) is 4.14. The largest absolute Gasteiger partial charge is 0.496 e. The predicted octanol–water partition coefficient (Wildman–Crippen LogP) is 2.27. The Morgan fingerprint density at radius 2 is 2.11 bits per heavy atom. The van der Waals surface area contributed by atoms with Gasteiger partial charge in [0.05, 0.1) is 7.11 Å². The number of benzene rings is 1. The van der Waals surface area contributed by atoms with Crippen molar-refractivity contribution < 1.29 is 14.6 Å². The van der Waals surface area contributed by atoms with Crippen LogP contribution in [0.25, 0.3) is 0 Å². The van der Waals surface area contributed by atoms with E-state index in [-0.39, 0.29) is 6.42 Å². The number of hydrogen-bond donors (Lipinski definition) is 2. The molecule has 100 valence electrons. The molecule has 0 spiro atoms. The number of methoxy groups -OCH3 is 1. The van der Waals surface area contributed by atoms with Crippen molar-refractivity contribution in [2.45, 2.75) is 33.2 Å². The summed E-state index contributed by atoms with van der Waals surface area (Å²) < 4.78 is 5.37. The molecule has 1 aromatic rings. The Hall–Kier alpha value is -1.55. The number of carboxylic acids is 1. The smallest absolute Gasteiger partial charge is 0.303 e. The molecular weight excluding hydrogens is 230 g/mol. The Morgan fingerprint density at radius 3 is 2.72 bits per heavy atom. The lowest BCUT2D eigenvalue weighted by molar-refractivity contribution is -0.137. The van der Waals surface area contributed by atoms with Crippen molar-refractivity contribution in [3.05, 3.63) is 28.8 Å². The molecule has 0 saturated carbocycles. The summed E-state index contributed by atoms with van der Waals surface area (Å²) in [5, 5.41) is 11.8. The predicted molar refractivity (Wildman–Crippen MR) is 71.0 cm³/mol. The molecule has 18 heavy (non-hydrogen) atoms. The van der Waals surface area contributed by atoms with Crippen LogP contribution in [0.2, 0.25) is 0 Å². The van der Waals surface area contributed by atoms with E-state index in [1.165, 1.54) is 11.1 Å². The van der Waals surface area contributed by atoms with Gasteiger partial charge in [-0.25, -0.2) is 0 Å². The summed E-state index contributed by atoms with van der Waals surface area (Å²) in [5.74, 6) is 0.138. The molecule has 1 rings (SSSR count). The van der Waals surface area contributed by atoms with E-state index in [2.05, 4.69) is 18.3 Å². The SMILES string of the molecule is COc1cc(C)cc(C)c1CNCCCC(=O)O. The van der Waals surface area contributed by atoms with E-state index in [4.69, 9.17) is 9.84 Å². The van der Waals surface area contributed by atoms with Crippen molar-refractivity contribution in [3.8, 4) is 5.75 Å². The standard InChI is InChI=1S/C14H21NO3/c1-10-7-11(2)12(13(8-10)18-3)9-15-6-4-5-14(16)17/h7-8,15H,4-6,9H2,1-3H3,(H,16,17). The van der Waals surface area contributed by atoms with Crippen LogP contribution in [0.5, 0.6) is 5.75 Å². The highest BCUT2D eigenvalue weighted by molar-refractivity contribution is 5.66. The zero-order chi connectivity index (χ0) is 13.5. The van der Waals surface area contributed by atoms with Crippen LogP contribution >= 0.6 is 0 Å². The summed E-state index contributed by atoms with van der Waals surface area (Å²) in [5.41, 5.74) is 3.51. The second-order valence-corrected chi connectivity index (χ2v) is 4.44. The number of carbonyl (C=O) groups is 1. The topological polar surface area (TPSA) is 58.6 Å². The third-order valence-corrected chi connectivity index (χ3v) is 2.84. The van der Waals surface area contributed by atoms with Crippen molar-refractivity contribution in [1.29, 1.82) is 0 Å². The molecule has 0 aromatic heterocycles. The number of carboxylic acid groups (broad SMARTS) is 1. The van der Waals surface area contributed by atoms with Crippen molar-refractivity contribution in [2.75, 3.05) is 13.7 Å². The molecule has 0 heterocycles. The van der Waals surface area contributed by atoms with Gasteiger partial charge in [-0.3, -0.25) is 4.79 Å². The second kappa shape index (κ2) is 7.01. The van der Waals surface area contributed by atoms with Gasteiger partial charge in [0, 0.05) is 18.5 Å². The van der Waals surface area contributed by atoms with E-state index in [9.17, 15) is 4.79 Å². The summed E-state index contributed by atoms with van der Waals surface area (Å²) in [6.07, 6.45) is 0.847. The lowest BCUT2D eigenvalue weighted by Gasteiger charge is -2.13. The van der Waals surface area contributed by atoms with Gasteiger partial charge in [-0.05, 0) is 44.0 Å². The Morgan fingerprint density at radius 1 is 1.39 bits per heavy atom. The zero-order valence-electron chi connectivity index (χ0n) is 11.2. The first-order valence-electron chi connectivity index (χ1n) is 6.11. The quantitative estimate of drug-likeness (QED) is 0.730. The minimum absolute atomic E-state index is 0.205. The van der Waals surface area contributed by atoms with Crippen molar-refractivity contribution in [2.24, 2.45) is 0 Å². The van der Waals surface area contributed by atoms with Crippen molar-refractivity contribution in [3.63, 3.8) is 0 Å². The first-order chi connectivity index (χ1) is 8.54. The Labute approximate surface area is 108 Å². The van der Waals surface area contributed by atoms with Crippen molar-refractivity contribution >= 4 is 5.97 Å². The van der Waals surface area contributed by atoms with Crippen LogP contribution in [0.15, 0.2) is 12.1 Å². The molecular formula is C14H21NO3. The summed E-state index contributed by atoms with van der Waals surface area (Å²) >= 11 is 0. The fourth-order valence-corrected chi connectivity index (χ4v) is 1.95. The van der Waals surface area contributed by atoms with Gasteiger partial charge in [0.15, 0.2) is 0 Å². The Kier molecular flexibility index (Phi) is 5.65. The van der Waals surface area contributed by atoms with Gasteiger partial charge >= 0.3 is 5.97 Å². The number of rotatable bonds is 7. The third-order valence-electron chi connectivity index (χ3n) is 2.84. The molecule has 0 amide bonds. The van der Waals surface area contributed by atoms with E-state index < -0.39 is 5.97 Å². The highest BCUT2D eigenvalue weighted by Crippen LogP contribution is 2.23. The maximum absolute atomic E-state index is 10.4. The number of aryl methyl sites for hydroxylation is 2. The van der Waals surface area contributed by atoms with Gasteiger partial charge in [-0.15, -0.1) is 0 Å².